The summed E-state index contributed by atoms with van der Waals surface area (Å²) in [4.78, 5) is 21.8. The molecule has 1 aromatic rings. The summed E-state index contributed by atoms with van der Waals surface area (Å²) in [7, 11) is 1.78. The second-order valence-electron chi connectivity index (χ2n) is 6.97. The third-order valence-electron chi connectivity index (χ3n) is 5.01. The lowest BCUT2D eigenvalue weighted by molar-refractivity contribution is -0.134. The van der Waals surface area contributed by atoms with E-state index in [0.29, 0.717) is 24.1 Å². The number of fused-ring (bicyclic) bond motifs is 1. The zero-order chi connectivity index (χ0) is 21.1. The highest BCUT2D eigenvalue weighted by Gasteiger charge is 2.31. The Labute approximate surface area is 167 Å². The molecule has 6 heteroatoms. The Morgan fingerprint density at radius 2 is 1.71 bits per heavy atom. The smallest absolute Gasteiger partial charge is 0.328 e. The number of nitrogens with zero attached hydrogens (tertiary/aromatic N) is 1. The van der Waals surface area contributed by atoms with Gasteiger partial charge in [0.2, 0.25) is 0 Å². The number of benzene rings is 1. The monoisotopic (exact) mass is 391 g/mol. The summed E-state index contributed by atoms with van der Waals surface area (Å²) in [5.74, 6) is -0.836. The first-order valence-electron chi connectivity index (χ1n) is 9.89. The number of ether oxygens (including phenoxy) is 1. The minimum atomic E-state index is -1.26. The highest BCUT2D eigenvalue weighted by atomic mass is 16.5. The Kier molecular flexibility index (Phi) is 10.3. The van der Waals surface area contributed by atoms with Crippen LogP contribution in [0.25, 0.3) is 0 Å². The molecule has 1 aromatic carbocycles. The second-order valence-corrected chi connectivity index (χ2v) is 6.97. The van der Waals surface area contributed by atoms with Crippen molar-refractivity contribution in [2.24, 2.45) is 0 Å². The van der Waals surface area contributed by atoms with Crippen LogP contribution in [0.3, 0.4) is 0 Å². The Morgan fingerprint density at radius 1 is 1.14 bits per heavy atom. The standard InChI is InChI=1S/C18H29NO.C4H4O4/c1-5-12-19(13-6-2)17-11-10-16-15(14(17)3)8-7-9-18(16)20-4;5-3(6)1-2-4(7)8/h7-9,14,17H,5-6,10-13H2,1-4H3;1-2H,(H,5,6)(H,7,8)/b;2-1-/t14-,17+;/m0./s1. The quantitative estimate of drug-likeness (QED) is 0.653. The van der Waals surface area contributed by atoms with Crippen LogP contribution in [0.5, 0.6) is 5.75 Å². The van der Waals surface area contributed by atoms with Crippen LogP contribution in [0, 0.1) is 0 Å². The minimum absolute atomic E-state index is 0.558. The van der Waals surface area contributed by atoms with Gasteiger partial charge in [0, 0.05) is 18.2 Å². The molecular formula is C22H33NO5. The van der Waals surface area contributed by atoms with Gasteiger partial charge in [0.05, 0.1) is 7.11 Å². The second kappa shape index (κ2) is 12.2. The molecular weight excluding hydrogens is 358 g/mol. The molecule has 0 spiro atoms. The molecule has 6 nitrogen and oxygen atoms in total. The van der Waals surface area contributed by atoms with Crippen LogP contribution < -0.4 is 4.74 Å². The Balaban J connectivity index is 0.000000416. The molecule has 0 heterocycles. The van der Waals surface area contributed by atoms with Crippen molar-refractivity contribution in [3.8, 4) is 5.75 Å². The number of hydrogen-bond acceptors (Lipinski definition) is 4. The summed E-state index contributed by atoms with van der Waals surface area (Å²) in [6, 6.07) is 7.22. The van der Waals surface area contributed by atoms with Gasteiger partial charge in [-0.3, -0.25) is 4.90 Å². The Morgan fingerprint density at radius 3 is 2.18 bits per heavy atom. The lowest BCUT2D eigenvalue weighted by Crippen LogP contribution is -2.42. The van der Waals surface area contributed by atoms with Gasteiger partial charge in [-0.2, -0.15) is 0 Å². The fourth-order valence-electron chi connectivity index (χ4n) is 3.88. The van der Waals surface area contributed by atoms with Gasteiger partial charge >= 0.3 is 11.9 Å². The van der Waals surface area contributed by atoms with E-state index in [2.05, 4.69) is 43.9 Å². The molecule has 28 heavy (non-hydrogen) atoms. The van der Waals surface area contributed by atoms with Crippen molar-refractivity contribution in [2.45, 2.75) is 58.4 Å². The lowest BCUT2D eigenvalue weighted by Gasteiger charge is -2.40. The molecule has 0 amide bonds. The van der Waals surface area contributed by atoms with Gasteiger partial charge < -0.3 is 14.9 Å². The van der Waals surface area contributed by atoms with Gasteiger partial charge in [0.1, 0.15) is 5.75 Å². The van der Waals surface area contributed by atoms with E-state index in [4.69, 9.17) is 14.9 Å². The number of carboxylic acids is 2. The molecule has 2 N–H and O–H groups in total. The van der Waals surface area contributed by atoms with Crippen molar-refractivity contribution in [1.82, 2.24) is 4.90 Å². The van der Waals surface area contributed by atoms with Crippen molar-refractivity contribution in [2.75, 3.05) is 20.2 Å². The first kappa shape index (κ1) is 23.7. The molecule has 0 fully saturated rings. The summed E-state index contributed by atoms with van der Waals surface area (Å²) in [6.45, 7) is 9.41. The molecule has 2 rings (SSSR count). The third-order valence-corrected chi connectivity index (χ3v) is 5.01. The zero-order valence-electron chi connectivity index (χ0n) is 17.4. The van der Waals surface area contributed by atoms with Crippen molar-refractivity contribution in [3.05, 3.63) is 41.5 Å². The van der Waals surface area contributed by atoms with Crippen molar-refractivity contribution in [3.63, 3.8) is 0 Å². The maximum Gasteiger partial charge on any atom is 0.328 e. The largest absolute Gasteiger partial charge is 0.496 e. The Hall–Kier alpha value is -2.34. The van der Waals surface area contributed by atoms with Gasteiger partial charge in [0.25, 0.3) is 0 Å². The van der Waals surface area contributed by atoms with Crippen LogP contribution in [0.4, 0.5) is 0 Å². The number of methoxy groups -OCH3 is 1. The molecule has 1 aliphatic rings. The van der Waals surface area contributed by atoms with Gasteiger partial charge in [-0.1, -0.05) is 32.9 Å². The SMILES string of the molecule is CCCN(CCC)[C@@H]1CCc2c(OC)cccc2[C@@H]1C.O=C(O)/C=C\C(=O)O. The first-order chi connectivity index (χ1) is 13.3. The van der Waals surface area contributed by atoms with Crippen LogP contribution >= 0.6 is 0 Å². The van der Waals surface area contributed by atoms with Crippen molar-refractivity contribution >= 4 is 11.9 Å². The van der Waals surface area contributed by atoms with Crippen LogP contribution in [0.2, 0.25) is 0 Å². The summed E-state index contributed by atoms with van der Waals surface area (Å²) in [5, 5.41) is 15.6. The molecule has 0 aromatic heterocycles. The Bertz CT molecular complexity index is 649. The maximum atomic E-state index is 9.55. The van der Waals surface area contributed by atoms with Crippen LogP contribution in [0.15, 0.2) is 30.4 Å². The number of carbonyl (C=O) groups is 2. The van der Waals surface area contributed by atoms with Crippen LogP contribution in [0.1, 0.15) is 57.1 Å². The van der Waals surface area contributed by atoms with Crippen LogP contribution in [-0.2, 0) is 16.0 Å². The topological polar surface area (TPSA) is 87.1 Å². The molecule has 0 saturated carbocycles. The maximum absolute atomic E-state index is 9.55. The average molecular weight is 392 g/mol. The van der Waals surface area contributed by atoms with Crippen LogP contribution in [-0.4, -0.2) is 53.3 Å². The molecule has 156 valence electrons. The van der Waals surface area contributed by atoms with E-state index in [-0.39, 0.29) is 0 Å². The number of hydrogen-bond donors (Lipinski definition) is 2. The average Bonchev–Trinajstić information content (AvgIpc) is 2.67. The predicted molar refractivity (Wildman–Crippen MR) is 110 cm³/mol. The highest BCUT2D eigenvalue weighted by molar-refractivity contribution is 5.89. The molecule has 2 atom stereocenters. The number of carboxylic acid groups (broad SMARTS) is 2. The molecule has 0 saturated heterocycles. The van der Waals surface area contributed by atoms with Gasteiger partial charge in [-0.25, -0.2) is 9.59 Å². The predicted octanol–water partition coefficient (Wildman–Crippen LogP) is 3.95. The normalized spacial score (nSPS) is 18.3. The van der Waals surface area contributed by atoms with Crippen molar-refractivity contribution < 1.29 is 24.5 Å². The van der Waals surface area contributed by atoms with E-state index < -0.39 is 11.9 Å². The van der Waals surface area contributed by atoms with E-state index >= 15 is 0 Å². The van der Waals surface area contributed by atoms with E-state index in [1.165, 1.54) is 43.5 Å². The van der Waals surface area contributed by atoms with E-state index in [1.807, 2.05) is 0 Å². The number of aliphatic carboxylic acids is 2. The minimum Gasteiger partial charge on any atom is -0.496 e. The van der Waals surface area contributed by atoms with Gasteiger partial charge in [-0.05, 0) is 61.9 Å². The van der Waals surface area contributed by atoms with E-state index in [0.717, 1.165) is 12.2 Å². The lowest BCUT2D eigenvalue weighted by atomic mass is 9.79. The summed E-state index contributed by atoms with van der Waals surface area (Å²) < 4.78 is 5.54. The molecule has 0 aliphatic heterocycles. The van der Waals surface area contributed by atoms with Crippen molar-refractivity contribution in [1.29, 1.82) is 0 Å². The summed E-state index contributed by atoms with van der Waals surface area (Å²) in [5.41, 5.74) is 2.93. The molecule has 1 aliphatic carbocycles. The summed E-state index contributed by atoms with van der Waals surface area (Å²) >= 11 is 0. The fourth-order valence-corrected chi connectivity index (χ4v) is 3.88. The van der Waals surface area contributed by atoms with E-state index in [9.17, 15) is 9.59 Å². The number of rotatable bonds is 8. The van der Waals surface area contributed by atoms with E-state index in [1.54, 1.807) is 7.11 Å². The fraction of sp³-hybridized carbons (Fsp3) is 0.545. The highest BCUT2D eigenvalue weighted by Crippen LogP contribution is 2.38. The molecule has 0 unspecified atom stereocenters. The first-order valence-corrected chi connectivity index (χ1v) is 9.89. The molecule has 0 bridgehead atoms. The summed E-state index contributed by atoms with van der Waals surface area (Å²) in [6.07, 6.45) is 6.01. The molecule has 0 radical (unpaired) electrons. The van der Waals surface area contributed by atoms with Gasteiger partial charge in [0.15, 0.2) is 0 Å². The third kappa shape index (κ3) is 7.00. The van der Waals surface area contributed by atoms with Gasteiger partial charge in [-0.15, -0.1) is 0 Å². The zero-order valence-corrected chi connectivity index (χ0v) is 17.4.